The Kier molecular flexibility index (Phi) is 3.61. The summed E-state index contributed by atoms with van der Waals surface area (Å²) in [6.07, 6.45) is -4.62. The summed E-state index contributed by atoms with van der Waals surface area (Å²) in [7, 11) is 0. The highest BCUT2D eigenvalue weighted by atomic mass is 19.4. The van der Waals surface area contributed by atoms with Gasteiger partial charge in [0.2, 0.25) is 0 Å². The lowest BCUT2D eigenvalue weighted by Gasteiger charge is -2.09. The van der Waals surface area contributed by atoms with Gasteiger partial charge in [-0.15, -0.1) is 0 Å². The van der Waals surface area contributed by atoms with Gasteiger partial charge in [0.15, 0.2) is 5.78 Å². The average molecular weight is 282 g/mol. The number of hydrogen-bond donors (Lipinski definition) is 0. The standard InChI is InChI=1S/C15H10F4O/c1-9-2-4-10(5-3-9)14(20)12-8-11(15(17,18)19)6-7-13(12)16/h2-8H,1H3. The molecule has 0 aliphatic carbocycles. The zero-order chi connectivity index (χ0) is 14.9. The van der Waals surface area contributed by atoms with Crippen molar-refractivity contribution in [2.75, 3.05) is 0 Å². The fraction of sp³-hybridized carbons (Fsp3) is 0.133. The predicted octanol–water partition coefficient (Wildman–Crippen LogP) is 4.38. The molecule has 2 aromatic rings. The first-order valence-electron chi connectivity index (χ1n) is 5.77. The number of alkyl halides is 3. The lowest BCUT2D eigenvalue weighted by atomic mass is 10.00. The summed E-state index contributed by atoms with van der Waals surface area (Å²) in [4.78, 5) is 12.1. The van der Waals surface area contributed by atoms with Gasteiger partial charge in [0.25, 0.3) is 0 Å². The van der Waals surface area contributed by atoms with Crippen LogP contribution in [0.5, 0.6) is 0 Å². The summed E-state index contributed by atoms with van der Waals surface area (Å²) in [6.45, 7) is 1.80. The number of rotatable bonds is 2. The van der Waals surface area contributed by atoms with Crippen LogP contribution >= 0.6 is 0 Å². The van der Waals surface area contributed by atoms with Crippen LogP contribution in [0.3, 0.4) is 0 Å². The molecule has 1 nitrogen and oxygen atoms in total. The molecule has 2 rings (SSSR count). The van der Waals surface area contributed by atoms with Crippen molar-refractivity contribution >= 4 is 5.78 Å². The topological polar surface area (TPSA) is 17.1 Å². The van der Waals surface area contributed by atoms with Gasteiger partial charge in [0.1, 0.15) is 5.82 Å². The number of halogens is 4. The van der Waals surface area contributed by atoms with Crippen LogP contribution in [0.25, 0.3) is 0 Å². The van der Waals surface area contributed by atoms with Crippen molar-refractivity contribution in [3.05, 3.63) is 70.5 Å². The summed E-state index contributed by atoms with van der Waals surface area (Å²) in [5.41, 5.74) is -0.585. The molecule has 0 saturated heterocycles. The highest BCUT2D eigenvalue weighted by Crippen LogP contribution is 2.30. The van der Waals surface area contributed by atoms with Crippen LogP contribution in [0, 0.1) is 12.7 Å². The fourth-order valence-electron chi connectivity index (χ4n) is 1.74. The molecular formula is C15H10F4O. The summed E-state index contributed by atoms with van der Waals surface area (Å²) in [6, 6.07) is 8.00. The minimum atomic E-state index is -4.62. The largest absolute Gasteiger partial charge is 0.416 e. The van der Waals surface area contributed by atoms with Gasteiger partial charge in [-0.2, -0.15) is 13.2 Å². The molecule has 0 N–H and O–H groups in total. The van der Waals surface area contributed by atoms with Crippen LogP contribution in [-0.4, -0.2) is 5.78 Å². The first-order valence-corrected chi connectivity index (χ1v) is 5.77. The average Bonchev–Trinajstić information content (AvgIpc) is 2.38. The second-order valence-corrected chi connectivity index (χ2v) is 4.39. The van der Waals surface area contributed by atoms with Crippen LogP contribution in [0.4, 0.5) is 17.6 Å². The van der Waals surface area contributed by atoms with E-state index in [1.54, 1.807) is 19.1 Å². The first kappa shape index (κ1) is 14.2. The number of carbonyl (C=O) groups excluding carboxylic acids is 1. The van der Waals surface area contributed by atoms with Gasteiger partial charge in [-0.25, -0.2) is 4.39 Å². The Hall–Kier alpha value is -2.17. The predicted molar refractivity (Wildman–Crippen MR) is 66.0 cm³/mol. The maximum atomic E-state index is 13.6. The molecule has 0 aromatic heterocycles. The molecule has 0 aliphatic rings. The molecule has 0 amide bonds. The molecule has 0 bridgehead atoms. The van der Waals surface area contributed by atoms with Crippen LogP contribution < -0.4 is 0 Å². The van der Waals surface area contributed by atoms with Gasteiger partial charge in [0, 0.05) is 5.56 Å². The van der Waals surface area contributed by atoms with E-state index in [1.165, 1.54) is 12.1 Å². The minimum Gasteiger partial charge on any atom is -0.288 e. The number of aryl methyl sites for hydroxylation is 1. The summed E-state index contributed by atoms with van der Waals surface area (Å²) in [5.74, 6) is -1.74. The number of ketones is 1. The molecule has 0 aliphatic heterocycles. The molecule has 0 atom stereocenters. The lowest BCUT2D eigenvalue weighted by Crippen LogP contribution is -2.10. The fourth-order valence-corrected chi connectivity index (χ4v) is 1.74. The summed E-state index contributed by atoms with van der Waals surface area (Å²) >= 11 is 0. The molecule has 0 saturated carbocycles. The van der Waals surface area contributed by atoms with Crippen molar-refractivity contribution in [2.24, 2.45) is 0 Å². The van der Waals surface area contributed by atoms with Gasteiger partial charge < -0.3 is 0 Å². The van der Waals surface area contributed by atoms with Gasteiger partial charge in [-0.1, -0.05) is 29.8 Å². The number of carbonyl (C=O) groups is 1. The van der Waals surface area contributed by atoms with E-state index in [0.717, 1.165) is 5.56 Å². The Morgan fingerprint density at radius 3 is 2.15 bits per heavy atom. The van der Waals surface area contributed by atoms with E-state index in [0.29, 0.717) is 18.2 Å². The molecule has 0 spiro atoms. The van der Waals surface area contributed by atoms with E-state index >= 15 is 0 Å². The molecule has 0 unspecified atom stereocenters. The maximum absolute atomic E-state index is 13.6. The molecule has 5 heteroatoms. The Morgan fingerprint density at radius 1 is 1.00 bits per heavy atom. The summed E-state index contributed by atoms with van der Waals surface area (Å²) in [5, 5.41) is 0. The second kappa shape index (κ2) is 5.07. The first-order chi connectivity index (χ1) is 9.29. The Labute approximate surface area is 112 Å². The van der Waals surface area contributed by atoms with E-state index in [4.69, 9.17) is 0 Å². The quantitative estimate of drug-likeness (QED) is 0.590. The van der Waals surface area contributed by atoms with Crippen molar-refractivity contribution in [3.8, 4) is 0 Å². The summed E-state index contributed by atoms with van der Waals surface area (Å²) < 4.78 is 51.3. The monoisotopic (exact) mass is 282 g/mol. The van der Waals surface area contributed by atoms with Crippen LogP contribution in [0.2, 0.25) is 0 Å². The molecule has 2 aromatic carbocycles. The van der Waals surface area contributed by atoms with Crippen LogP contribution in [-0.2, 0) is 6.18 Å². The van der Waals surface area contributed by atoms with Gasteiger partial charge in [-0.3, -0.25) is 4.79 Å². The molecule has 0 fully saturated rings. The van der Waals surface area contributed by atoms with Crippen molar-refractivity contribution < 1.29 is 22.4 Å². The van der Waals surface area contributed by atoms with E-state index < -0.39 is 28.9 Å². The highest BCUT2D eigenvalue weighted by molar-refractivity contribution is 6.09. The third-order valence-corrected chi connectivity index (χ3v) is 2.85. The molecule has 0 radical (unpaired) electrons. The van der Waals surface area contributed by atoms with Crippen molar-refractivity contribution in [1.29, 1.82) is 0 Å². The van der Waals surface area contributed by atoms with E-state index in [1.807, 2.05) is 0 Å². The third-order valence-electron chi connectivity index (χ3n) is 2.85. The number of hydrogen-bond acceptors (Lipinski definition) is 1. The smallest absolute Gasteiger partial charge is 0.288 e. The zero-order valence-corrected chi connectivity index (χ0v) is 10.5. The minimum absolute atomic E-state index is 0.147. The Morgan fingerprint density at radius 2 is 1.60 bits per heavy atom. The molecule has 104 valence electrons. The molecule has 0 heterocycles. The van der Waals surface area contributed by atoms with Crippen molar-refractivity contribution in [3.63, 3.8) is 0 Å². The van der Waals surface area contributed by atoms with E-state index in [-0.39, 0.29) is 5.56 Å². The third kappa shape index (κ3) is 2.87. The van der Waals surface area contributed by atoms with Crippen LogP contribution in [0.15, 0.2) is 42.5 Å². The van der Waals surface area contributed by atoms with Gasteiger partial charge in [-0.05, 0) is 25.1 Å². The Bertz CT molecular complexity index is 642. The van der Waals surface area contributed by atoms with E-state index in [9.17, 15) is 22.4 Å². The molecular weight excluding hydrogens is 272 g/mol. The Balaban J connectivity index is 2.46. The molecule has 20 heavy (non-hydrogen) atoms. The van der Waals surface area contributed by atoms with Crippen LogP contribution in [0.1, 0.15) is 27.0 Å². The number of benzene rings is 2. The zero-order valence-electron chi connectivity index (χ0n) is 10.5. The highest BCUT2D eigenvalue weighted by Gasteiger charge is 2.32. The normalized spacial score (nSPS) is 11.4. The van der Waals surface area contributed by atoms with Gasteiger partial charge in [0.05, 0.1) is 11.1 Å². The van der Waals surface area contributed by atoms with Gasteiger partial charge >= 0.3 is 6.18 Å². The van der Waals surface area contributed by atoms with Crippen molar-refractivity contribution in [1.82, 2.24) is 0 Å². The second-order valence-electron chi connectivity index (χ2n) is 4.39. The van der Waals surface area contributed by atoms with E-state index in [2.05, 4.69) is 0 Å². The SMILES string of the molecule is Cc1ccc(C(=O)c2cc(C(F)(F)F)ccc2F)cc1. The maximum Gasteiger partial charge on any atom is 0.416 e. The lowest BCUT2D eigenvalue weighted by molar-refractivity contribution is -0.137. The van der Waals surface area contributed by atoms with Crippen molar-refractivity contribution in [2.45, 2.75) is 13.1 Å².